The van der Waals surface area contributed by atoms with Crippen molar-refractivity contribution in [2.24, 2.45) is 0 Å². The van der Waals surface area contributed by atoms with Crippen LogP contribution in [0.3, 0.4) is 0 Å². The van der Waals surface area contributed by atoms with Crippen molar-refractivity contribution >= 4 is 45.6 Å². The topological polar surface area (TPSA) is 49.4 Å². The van der Waals surface area contributed by atoms with Gasteiger partial charge in [0.15, 0.2) is 0 Å². The summed E-state index contributed by atoms with van der Waals surface area (Å²) in [5.74, 6) is 0. The minimum absolute atomic E-state index is 0. The van der Waals surface area contributed by atoms with E-state index in [1.54, 1.807) is 6.07 Å². The van der Waals surface area contributed by atoms with Gasteiger partial charge in [-0.1, -0.05) is 23.2 Å². The fourth-order valence-electron chi connectivity index (χ4n) is 1.98. The largest absolute Gasteiger partial charge is 0.314 e. The van der Waals surface area contributed by atoms with Gasteiger partial charge in [0.1, 0.15) is 4.90 Å². The maximum atomic E-state index is 12.5. The van der Waals surface area contributed by atoms with Crippen LogP contribution in [-0.4, -0.2) is 38.4 Å². The number of halogens is 3. The van der Waals surface area contributed by atoms with Crippen molar-refractivity contribution in [3.63, 3.8) is 0 Å². The highest BCUT2D eigenvalue weighted by Crippen LogP contribution is 2.28. The van der Waals surface area contributed by atoms with Gasteiger partial charge < -0.3 is 5.32 Å². The zero-order chi connectivity index (χ0) is 13.3. The van der Waals surface area contributed by atoms with Crippen molar-refractivity contribution in [3.8, 4) is 0 Å². The Morgan fingerprint density at radius 2 is 2.05 bits per heavy atom. The third kappa shape index (κ3) is 3.54. The van der Waals surface area contributed by atoms with Gasteiger partial charge in [-0.05, 0) is 25.1 Å². The predicted octanol–water partition coefficient (Wildman–Crippen LogP) is 2.40. The zero-order valence-corrected chi connectivity index (χ0v) is 13.4. The van der Waals surface area contributed by atoms with Crippen LogP contribution < -0.4 is 5.32 Å². The lowest BCUT2D eigenvalue weighted by Gasteiger charge is -2.33. The molecule has 0 saturated carbocycles. The summed E-state index contributed by atoms with van der Waals surface area (Å²) in [6, 6.07) is 4.38. The molecular formula is C11H15Cl3N2O2S. The van der Waals surface area contributed by atoms with Crippen LogP contribution in [0.15, 0.2) is 23.1 Å². The third-order valence-corrected chi connectivity index (χ3v) is 5.65. The zero-order valence-electron chi connectivity index (χ0n) is 10.3. The van der Waals surface area contributed by atoms with E-state index < -0.39 is 10.0 Å². The minimum Gasteiger partial charge on any atom is -0.314 e. The molecule has 1 aliphatic rings. The molecule has 1 aliphatic heterocycles. The van der Waals surface area contributed by atoms with Gasteiger partial charge in [-0.3, -0.25) is 0 Å². The lowest BCUT2D eigenvalue weighted by atomic mass is 10.3. The van der Waals surface area contributed by atoms with E-state index in [0.29, 0.717) is 24.7 Å². The van der Waals surface area contributed by atoms with Crippen molar-refractivity contribution < 1.29 is 8.42 Å². The van der Waals surface area contributed by atoms with E-state index >= 15 is 0 Å². The van der Waals surface area contributed by atoms with Crippen LogP contribution in [0.25, 0.3) is 0 Å². The predicted molar refractivity (Wildman–Crippen MR) is 79.9 cm³/mol. The molecule has 0 spiro atoms. The van der Waals surface area contributed by atoms with Gasteiger partial charge in [-0.15, -0.1) is 12.4 Å². The van der Waals surface area contributed by atoms with Crippen molar-refractivity contribution in [2.45, 2.75) is 17.9 Å². The van der Waals surface area contributed by atoms with E-state index in [2.05, 4.69) is 5.32 Å². The summed E-state index contributed by atoms with van der Waals surface area (Å²) in [5, 5.41) is 3.71. The van der Waals surface area contributed by atoms with Crippen molar-refractivity contribution in [3.05, 3.63) is 28.2 Å². The summed E-state index contributed by atoms with van der Waals surface area (Å²) < 4.78 is 26.5. The second-order valence-electron chi connectivity index (χ2n) is 4.24. The Balaban J connectivity index is 0.00000180. The third-order valence-electron chi connectivity index (χ3n) is 2.92. The smallest absolute Gasteiger partial charge is 0.244 e. The first kappa shape index (κ1) is 17.0. The Labute approximate surface area is 129 Å². The second kappa shape index (κ2) is 6.61. The summed E-state index contributed by atoms with van der Waals surface area (Å²) in [6.07, 6.45) is 0. The fraction of sp³-hybridized carbons (Fsp3) is 0.455. The first-order chi connectivity index (χ1) is 8.43. The Bertz CT molecular complexity index is 551. The molecule has 0 aromatic heterocycles. The van der Waals surface area contributed by atoms with E-state index in [-0.39, 0.29) is 28.4 Å². The molecule has 0 bridgehead atoms. The minimum atomic E-state index is -3.59. The van der Waals surface area contributed by atoms with Crippen LogP contribution in [0.4, 0.5) is 0 Å². The monoisotopic (exact) mass is 344 g/mol. The molecule has 108 valence electrons. The molecule has 1 aromatic carbocycles. The van der Waals surface area contributed by atoms with E-state index in [1.807, 2.05) is 6.92 Å². The summed E-state index contributed by atoms with van der Waals surface area (Å²) in [5.41, 5.74) is 0. The molecule has 0 aliphatic carbocycles. The van der Waals surface area contributed by atoms with Gasteiger partial charge in [-0.25, -0.2) is 8.42 Å². The van der Waals surface area contributed by atoms with Crippen molar-refractivity contribution in [1.29, 1.82) is 0 Å². The van der Waals surface area contributed by atoms with Gasteiger partial charge in [0.2, 0.25) is 10.0 Å². The van der Waals surface area contributed by atoms with Crippen LogP contribution >= 0.6 is 35.6 Å². The lowest BCUT2D eigenvalue weighted by Crippen LogP contribution is -2.52. The molecule has 0 radical (unpaired) electrons. The molecule has 2 rings (SSSR count). The van der Waals surface area contributed by atoms with Gasteiger partial charge in [0.05, 0.1) is 5.02 Å². The highest BCUT2D eigenvalue weighted by molar-refractivity contribution is 7.89. The van der Waals surface area contributed by atoms with Crippen molar-refractivity contribution in [1.82, 2.24) is 9.62 Å². The highest BCUT2D eigenvalue weighted by atomic mass is 35.5. The lowest BCUT2D eigenvalue weighted by molar-refractivity contribution is 0.284. The number of hydrogen-bond donors (Lipinski definition) is 1. The van der Waals surface area contributed by atoms with Gasteiger partial charge in [0.25, 0.3) is 0 Å². The molecular weight excluding hydrogens is 331 g/mol. The second-order valence-corrected chi connectivity index (χ2v) is 6.95. The average molecular weight is 346 g/mol. The van der Waals surface area contributed by atoms with Gasteiger partial charge in [-0.2, -0.15) is 4.31 Å². The normalized spacial score (nSPS) is 20.9. The van der Waals surface area contributed by atoms with Crippen molar-refractivity contribution in [2.75, 3.05) is 19.6 Å². The number of rotatable bonds is 2. The summed E-state index contributed by atoms with van der Waals surface area (Å²) in [4.78, 5) is 0.0745. The fourth-order valence-corrected chi connectivity index (χ4v) is 4.35. The van der Waals surface area contributed by atoms with E-state index in [0.717, 1.165) is 0 Å². The summed E-state index contributed by atoms with van der Waals surface area (Å²) in [7, 11) is -3.59. The number of nitrogens with zero attached hydrogens (tertiary/aromatic N) is 1. The highest BCUT2D eigenvalue weighted by Gasteiger charge is 2.32. The molecule has 0 unspecified atom stereocenters. The quantitative estimate of drug-likeness (QED) is 0.895. The number of benzene rings is 1. The Morgan fingerprint density at radius 1 is 1.37 bits per heavy atom. The van der Waals surface area contributed by atoms with Crippen LogP contribution in [0.1, 0.15) is 6.92 Å². The Hall–Kier alpha value is -0.0400. The van der Waals surface area contributed by atoms with Crippen LogP contribution in [-0.2, 0) is 10.0 Å². The number of hydrogen-bond acceptors (Lipinski definition) is 3. The van der Waals surface area contributed by atoms with E-state index in [1.165, 1.54) is 16.4 Å². The van der Waals surface area contributed by atoms with Crippen LogP contribution in [0, 0.1) is 0 Å². The maximum absolute atomic E-state index is 12.5. The van der Waals surface area contributed by atoms with E-state index in [4.69, 9.17) is 23.2 Å². The first-order valence-electron chi connectivity index (χ1n) is 5.60. The van der Waals surface area contributed by atoms with Gasteiger partial charge >= 0.3 is 0 Å². The number of sulfonamides is 1. The molecule has 8 heteroatoms. The number of nitrogens with one attached hydrogen (secondary N) is 1. The molecule has 4 nitrogen and oxygen atoms in total. The molecule has 1 atom stereocenters. The molecule has 1 aromatic rings. The summed E-state index contributed by atoms with van der Waals surface area (Å²) in [6.45, 7) is 3.58. The summed E-state index contributed by atoms with van der Waals surface area (Å²) >= 11 is 11.8. The molecule has 19 heavy (non-hydrogen) atoms. The van der Waals surface area contributed by atoms with Gasteiger partial charge in [0, 0.05) is 30.7 Å². The molecule has 1 saturated heterocycles. The Morgan fingerprint density at radius 3 is 2.68 bits per heavy atom. The van der Waals surface area contributed by atoms with Crippen LogP contribution in [0.2, 0.25) is 10.0 Å². The maximum Gasteiger partial charge on any atom is 0.244 e. The molecule has 1 heterocycles. The molecule has 1 N–H and O–H groups in total. The SMILES string of the molecule is C[C@@H]1CNCCN1S(=O)(=O)c1cc(Cl)ccc1Cl.Cl. The Kier molecular flexibility index (Phi) is 5.92. The standard InChI is InChI=1S/C11H14Cl2N2O2S.ClH/c1-8-7-14-4-5-15(8)18(16,17)11-6-9(12)2-3-10(11)13;/h2-3,6,8,14H,4-5,7H2,1H3;1H/t8-;/m1./s1. The molecule has 1 fully saturated rings. The number of piperazine rings is 1. The van der Waals surface area contributed by atoms with E-state index in [9.17, 15) is 8.42 Å². The first-order valence-corrected chi connectivity index (χ1v) is 7.80. The molecule has 0 amide bonds. The average Bonchev–Trinajstić information content (AvgIpc) is 2.32. The van der Waals surface area contributed by atoms with Crippen LogP contribution in [0.5, 0.6) is 0 Å².